The number of aromatic nitrogens is 1. The number of nitrogens with one attached hydrogen (secondary N) is 1. The van der Waals surface area contributed by atoms with Gasteiger partial charge >= 0.3 is 5.97 Å². The minimum Gasteiger partial charge on any atom is -0.497 e. The standard InChI is InChI=1S/C23H18Cl2N2O4/c1-30-18-9-5-6-15(10-18)11-19(16-7-3-2-4-8-16)23(29)31-14-21(28)27-22-20(25)12-17(24)13-26-22/h2-13H,14H2,1H3,(H,26,27,28). The molecule has 0 aliphatic rings. The van der Waals surface area contributed by atoms with Crippen LogP contribution < -0.4 is 10.1 Å². The molecule has 1 heterocycles. The Morgan fingerprint density at radius 3 is 2.55 bits per heavy atom. The maximum atomic E-state index is 12.8. The lowest BCUT2D eigenvalue weighted by atomic mass is 10.0. The lowest BCUT2D eigenvalue weighted by Gasteiger charge is -2.10. The topological polar surface area (TPSA) is 77.5 Å². The van der Waals surface area contributed by atoms with Gasteiger partial charge in [0.05, 0.1) is 22.7 Å². The number of methoxy groups -OCH3 is 1. The first-order valence-electron chi connectivity index (χ1n) is 9.15. The highest BCUT2D eigenvalue weighted by molar-refractivity contribution is 6.36. The van der Waals surface area contributed by atoms with E-state index in [9.17, 15) is 9.59 Å². The molecule has 0 saturated heterocycles. The molecule has 6 nitrogen and oxygen atoms in total. The zero-order valence-corrected chi connectivity index (χ0v) is 18.0. The molecule has 0 fully saturated rings. The molecule has 3 rings (SSSR count). The summed E-state index contributed by atoms with van der Waals surface area (Å²) in [7, 11) is 1.57. The Morgan fingerprint density at radius 2 is 1.84 bits per heavy atom. The zero-order chi connectivity index (χ0) is 22.2. The third-order valence-corrected chi connectivity index (χ3v) is 4.60. The predicted molar refractivity (Wildman–Crippen MR) is 121 cm³/mol. The van der Waals surface area contributed by atoms with Crippen molar-refractivity contribution in [3.8, 4) is 5.75 Å². The van der Waals surface area contributed by atoms with Crippen molar-refractivity contribution in [1.29, 1.82) is 0 Å². The summed E-state index contributed by atoms with van der Waals surface area (Å²) in [6, 6.07) is 17.7. The van der Waals surface area contributed by atoms with Crippen LogP contribution in [0.25, 0.3) is 11.6 Å². The van der Waals surface area contributed by atoms with E-state index in [1.54, 1.807) is 37.5 Å². The number of anilines is 1. The molecule has 0 saturated carbocycles. The fourth-order valence-electron chi connectivity index (χ4n) is 2.66. The second-order valence-corrected chi connectivity index (χ2v) is 7.15. The first kappa shape index (κ1) is 22.3. The number of rotatable bonds is 7. The average Bonchev–Trinajstić information content (AvgIpc) is 2.78. The molecule has 0 radical (unpaired) electrons. The van der Waals surface area contributed by atoms with Crippen LogP contribution in [0.3, 0.4) is 0 Å². The van der Waals surface area contributed by atoms with Gasteiger partial charge in [0.25, 0.3) is 5.91 Å². The number of hydrogen-bond donors (Lipinski definition) is 1. The van der Waals surface area contributed by atoms with Crippen molar-refractivity contribution in [2.75, 3.05) is 19.0 Å². The second kappa shape index (κ2) is 10.6. The van der Waals surface area contributed by atoms with Gasteiger partial charge in [-0.3, -0.25) is 4.79 Å². The number of carbonyl (C=O) groups is 2. The zero-order valence-electron chi connectivity index (χ0n) is 16.5. The number of ether oxygens (including phenoxy) is 2. The number of nitrogens with zero attached hydrogens (tertiary/aromatic N) is 1. The molecule has 0 atom stereocenters. The van der Waals surface area contributed by atoms with Gasteiger partial charge in [-0.25, -0.2) is 9.78 Å². The van der Waals surface area contributed by atoms with Gasteiger partial charge in [0.2, 0.25) is 0 Å². The molecular formula is C23H18Cl2N2O4. The molecule has 0 bridgehead atoms. The van der Waals surface area contributed by atoms with Crippen LogP contribution in [0.5, 0.6) is 5.75 Å². The van der Waals surface area contributed by atoms with Crippen LogP contribution in [-0.4, -0.2) is 30.6 Å². The van der Waals surface area contributed by atoms with E-state index >= 15 is 0 Å². The summed E-state index contributed by atoms with van der Waals surface area (Å²) in [5.41, 5.74) is 1.69. The van der Waals surface area contributed by atoms with Crippen LogP contribution >= 0.6 is 23.2 Å². The summed E-state index contributed by atoms with van der Waals surface area (Å²) < 4.78 is 10.5. The maximum Gasteiger partial charge on any atom is 0.339 e. The monoisotopic (exact) mass is 456 g/mol. The minimum atomic E-state index is -0.653. The predicted octanol–water partition coefficient (Wildman–Crippen LogP) is 5.12. The number of hydrogen-bond acceptors (Lipinski definition) is 5. The Hall–Kier alpha value is -3.35. The van der Waals surface area contributed by atoms with Gasteiger partial charge in [-0.2, -0.15) is 0 Å². The van der Waals surface area contributed by atoms with Crippen LogP contribution in [0.4, 0.5) is 5.82 Å². The Bertz CT molecular complexity index is 1120. The second-order valence-electron chi connectivity index (χ2n) is 6.31. The van der Waals surface area contributed by atoms with Crippen molar-refractivity contribution in [3.05, 3.63) is 88.0 Å². The van der Waals surface area contributed by atoms with Crippen molar-refractivity contribution < 1.29 is 19.1 Å². The van der Waals surface area contributed by atoms with E-state index in [1.807, 2.05) is 30.3 Å². The van der Waals surface area contributed by atoms with Crippen molar-refractivity contribution in [2.24, 2.45) is 0 Å². The number of halogens is 2. The number of benzene rings is 2. The lowest BCUT2D eigenvalue weighted by molar-refractivity contribution is -0.141. The maximum absolute atomic E-state index is 12.8. The van der Waals surface area contributed by atoms with Crippen LogP contribution in [-0.2, 0) is 14.3 Å². The van der Waals surface area contributed by atoms with Crippen LogP contribution in [0.1, 0.15) is 11.1 Å². The van der Waals surface area contributed by atoms with E-state index in [0.29, 0.717) is 21.9 Å². The smallest absolute Gasteiger partial charge is 0.339 e. The molecule has 158 valence electrons. The largest absolute Gasteiger partial charge is 0.497 e. The third-order valence-electron chi connectivity index (χ3n) is 4.11. The van der Waals surface area contributed by atoms with E-state index in [1.165, 1.54) is 12.3 Å². The summed E-state index contributed by atoms with van der Waals surface area (Å²) in [5, 5.41) is 3.00. The fraction of sp³-hybridized carbons (Fsp3) is 0.0870. The van der Waals surface area contributed by atoms with Crippen LogP contribution in [0.2, 0.25) is 10.0 Å². The third kappa shape index (κ3) is 6.31. The molecule has 0 unspecified atom stereocenters. The Balaban J connectivity index is 1.75. The Kier molecular flexibility index (Phi) is 7.65. The fourth-order valence-corrected chi connectivity index (χ4v) is 3.09. The van der Waals surface area contributed by atoms with Crippen LogP contribution in [0.15, 0.2) is 66.9 Å². The van der Waals surface area contributed by atoms with E-state index in [2.05, 4.69) is 10.3 Å². The summed E-state index contributed by atoms with van der Waals surface area (Å²) in [6.07, 6.45) is 3.02. The lowest BCUT2D eigenvalue weighted by Crippen LogP contribution is -2.22. The molecule has 1 N–H and O–H groups in total. The van der Waals surface area contributed by atoms with Crippen LogP contribution in [0, 0.1) is 0 Å². The Morgan fingerprint density at radius 1 is 1.06 bits per heavy atom. The van der Waals surface area contributed by atoms with Gasteiger partial charge < -0.3 is 14.8 Å². The first-order valence-corrected chi connectivity index (χ1v) is 9.91. The van der Waals surface area contributed by atoms with E-state index < -0.39 is 18.5 Å². The normalized spacial score (nSPS) is 11.0. The van der Waals surface area contributed by atoms with Crippen molar-refractivity contribution in [3.63, 3.8) is 0 Å². The quantitative estimate of drug-likeness (QED) is 0.303. The average molecular weight is 457 g/mol. The highest BCUT2D eigenvalue weighted by Gasteiger charge is 2.16. The van der Waals surface area contributed by atoms with Gasteiger partial charge in [-0.1, -0.05) is 65.7 Å². The van der Waals surface area contributed by atoms with Gasteiger partial charge in [0, 0.05) is 6.20 Å². The van der Waals surface area contributed by atoms with Gasteiger partial charge in [-0.15, -0.1) is 0 Å². The highest BCUT2D eigenvalue weighted by atomic mass is 35.5. The summed E-state index contributed by atoms with van der Waals surface area (Å²) in [5.74, 6) is -0.457. The van der Waals surface area contributed by atoms with Crippen molar-refractivity contribution >= 4 is 52.5 Å². The van der Waals surface area contributed by atoms with Gasteiger partial charge in [0.15, 0.2) is 12.4 Å². The molecule has 2 aromatic carbocycles. The molecule has 31 heavy (non-hydrogen) atoms. The molecule has 8 heteroatoms. The molecule has 0 aliphatic carbocycles. The first-order chi connectivity index (χ1) is 15.0. The van der Waals surface area contributed by atoms with Crippen molar-refractivity contribution in [1.82, 2.24) is 4.98 Å². The number of carbonyl (C=O) groups excluding carboxylic acids is 2. The SMILES string of the molecule is COc1cccc(C=C(C(=O)OCC(=O)Nc2ncc(Cl)cc2Cl)c2ccccc2)c1. The highest BCUT2D eigenvalue weighted by Crippen LogP contribution is 2.24. The van der Waals surface area contributed by atoms with Gasteiger partial charge in [-0.05, 0) is 35.4 Å². The molecule has 1 amide bonds. The van der Waals surface area contributed by atoms with E-state index in [0.717, 1.165) is 5.56 Å². The van der Waals surface area contributed by atoms with Gasteiger partial charge in [0.1, 0.15) is 5.75 Å². The summed E-state index contributed by atoms with van der Waals surface area (Å²) in [6.45, 7) is -0.512. The number of pyridine rings is 1. The molecule has 3 aromatic rings. The molecule has 1 aromatic heterocycles. The van der Waals surface area contributed by atoms with E-state index in [-0.39, 0.29) is 10.8 Å². The number of amides is 1. The molecule has 0 aliphatic heterocycles. The molecular weight excluding hydrogens is 439 g/mol. The summed E-state index contributed by atoms with van der Waals surface area (Å²) in [4.78, 5) is 28.9. The summed E-state index contributed by atoms with van der Waals surface area (Å²) >= 11 is 11.8. The number of esters is 1. The Labute approximate surface area is 189 Å². The van der Waals surface area contributed by atoms with E-state index in [4.69, 9.17) is 32.7 Å². The minimum absolute atomic E-state index is 0.127. The molecule has 0 spiro atoms. The van der Waals surface area contributed by atoms with Crippen molar-refractivity contribution in [2.45, 2.75) is 0 Å².